The molecule has 1 fully saturated rings. The van der Waals surface area contributed by atoms with Crippen LogP contribution in [0.5, 0.6) is 0 Å². The molecule has 4 nitrogen and oxygen atoms in total. The van der Waals surface area contributed by atoms with Crippen LogP contribution in [0.4, 0.5) is 5.13 Å². The van der Waals surface area contributed by atoms with Crippen LogP contribution >= 0.6 is 23.1 Å². The van der Waals surface area contributed by atoms with E-state index in [0.717, 1.165) is 22.3 Å². The zero-order chi connectivity index (χ0) is 13.0. The largest absolute Gasteiger partial charge is 0.353 e. The van der Waals surface area contributed by atoms with Crippen LogP contribution in [0.15, 0.2) is 4.34 Å². The third kappa shape index (κ3) is 3.36. The van der Waals surface area contributed by atoms with Crippen molar-refractivity contribution in [2.24, 2.45) is 5.92 Å². The quantitative estimate of drug-likeness (QED) is 0.797. The van der Waals surface area contributed by atoms with E-state index in [0.29, 0.717) is 5.25 Å². The lowest BCUT2D eigenvalue weighted by molar-refractivity contribution is 0.585. The van der Waals surface area contributed by atoms with Crippen molar-refractivity contribution < 1.29 is 0 Å². The van der Waals surface area contributed by atoms with Crippen LogP contribution in [0.1, 0.15) is 32.1 Å². The molecular weight excluding hydrogens is 264 g/mol. The monoisotopic (exact) mass is 282 g/mol. The van der Waals surface area contributed by atoms with E-state index in [1.807, 2.05) is 19.0 Å². The van der Waals surface area contributed by atoms with Gasteiger partial charge in [-0.05, 0) is 12.8 Å². The maximum absolute atomic E-state index is 9.25. The summed E-state index contributed by atoms with van der Waals surface area (Å²) in [6.07, 6.45) is 5.84. The van der Waals surface area contributed by atoms with Gasteiger partial charge in [0.1, 0.15) is 0 Å². The predicted octanol–water partition coefficient (Wildman–Crippen LogP) is 3.17. The summed E-state index contributed by atoms with van der Waals surface area (Å²) >= 11 is 3.36. The Hall–Kier alpha value is -0.800. The Bertz CT molecular complexity index is 424. The fourth-order valence-corrected chi connectivity index (χ4v) is 4.40. The topological polar surface area (TPSA) is 52.8 Å². The fraction of sp³-hybridized carbons (Fsp3) is 0.750. The Kier molecular flexibility index (Phi) is 4.84. The lowest BCUT2D eigenvalue weighted by atomic mass is 10.0. The zero-order valence-corrected chi connectivity index (χ0v) is 12.4. The molecule has 18 heavy (non-hydrogen) atoms. The van der Waals surface area contributed by atoms with E-state index >= 15 is 0 Å². The van der Waals surface area contributed by atoms with Gasteiger partial charge in [0.2, 0.25) is 5.13 Å². The van der Waals surface area contributed by atoms with Crippen molar-refractivity contribution in [3.8, 4) is 6.07 Å². The van der Waals surface area contributed by atoms with Crippen LogP contribution in [0.2, 0.25) is 0 Å². The molecule has 1 heterocycles. The standard InChI is InChI=1S/C12H18N4S2/c1-16(2)11-14-15-12(18-11)17-10-7-5-3-4-6-9(10)8-13/h9-10H,3-7H2,1-2H3. The maximum Gasteiger partial charge on any atom is 0.208 e. The van der Waals surface area contributed by atoms with Crippen LogP contribution in [-0.4, -0.2) is 29.5 Å². The minimum absolute atomic E-state index is 0.171. The van der Waals surface area contributed by atoms with Crippen LogP contribution < -0.4 is 4.90 Å². The second-order valence-corrected chi connectivity index (χ2v) is 7.22. The first-order chi connectivity index (χ1) is 8.70. The first-order valence-corrected chi connectivity index (χ1v) is 7.97. The van der Waals surface area contributed by atoms with Gasteiger partial charge in [-0.1, -0.05) is 42.4 Å². The zero-order valence-electron chi connectivity index (χ0n) is 10.8. The summed E-state index contributed by atoms with van der Waals surface area (Å²) in [5.74, 6) is 0.171. The molecule has 0 aliphatic heterocycles. The lowest BCUT2D eigenvalue weighted by Gasteiger charge is -2.16. The van der Waals surface area contributed by atoms with Crippen molar-refractivity contribution in [3.05, 3.63) is 0 Å². The highest BCUT2D eigenvalue weighted by atomic mass is 32.2. The maximum atomic E-state index is 9.25. The second kappa shape index (κ2) is 6.39. The SMILES string of the molecule is CN(C)c1nnc(SC2CCCCCC2C#N)s1. The van der Waals surface area contributed by atoms with E-state index < -0.39 is 0 Å². The van der Waals surface area contributed by atoms with Gasteiger partial charge in [-0.3, -0.25) is 0 Å². The molecule has 0 saturated heterocycles. The molecule has 0 N–H and O–H groups in total. The molecule has 2 atom stereocenters. The smallest absolute Gasteiger partial charge is 0.208 e. The average molecular weight is 282 g/mol. The molecule has 0 spiro atoms. The average Bonchev–Trinajstić information content (AvgIpc) is 2.70. The molecule has 2 unspecified atom stereocenters. The van der Waals surface area contributed by atoms with Crippen molar-refractivity contribution in [2.45, 2.75) is 41.7 Å². The van der Waals surface area contributed by atoms with Gasteiger partial charge in [-0.2, -0.15) is 5.26 Å². The van der Waals surface area contributed by atoms with Crippen molar-refractivity contribution >= 4 is 28.2 Å². The molecular formula is C12H18N4S2. The first-order valence-electron chi connectivity index (χ1n) is 6.28. The van der Waals surface area contributed by atoms with Crippen molar-refractivity contribution in [1.82, 2.24) is 10.2 Å². The third-order valence-electron chi connectivity index (χ3n) is 3.15. The van der Waals surface area contributed by atoms with Gasteiger partial charge in [0.15, 0.2) is 4.34 Å². The summed E-state index contributed by atoms with van der Waals surface area (Å²) in [7, 11) is 3.94. The van der Waals surface area contributed by atoms with Gasteiger partial charge in [0.25, 0.3) is 0 Å². The number of nitriles is 1. The van der Waals surface area contributed by atoms with Gasteiger partial charge < -0.3 is 4.90 Å². The molecule has 1 saturated carbocycles. The normalized spacial score (nSPS) is 24.3. The Labute approximate surface area is 116 Å². The summed E-state index contributed by atoms with van der Waals surface area (Å²) in [5.41, 5.74) is 0. The van der Waals surface area contributed by atoms with E-state index in [4.69, 9.17) is 0 Å². The molecule has 6 heteroatoms. The minimum atomic E-state index is 0.171. The fourth-order valence-electron chi connectivity index (χ4n) is 2.12. The highest BCUT2D eigenvalue weighted by Crippen LogP contribution is 2.38. The number of thioether (sulfide) groups is 1. The second-order valence-electron chi connectivity index (χ2n) is 4.77. The molecule has 0 bridgehead atoms. The number of hydrogen-bond acceptors (Lipinski definition) is 6. The highest BCUT2D eigenvalue weighted by molar-refractivity contribution is 8.01. The summed E-state index contributed by atoms with van der Waals surface area (Å²) in [5, 5.41) is 18.9. The third-order valence-corrected chi connectivity index (χ3v) is 5.72. The number of nitrogens with zero attached hydrogens (tertiary/aromatic N) is 4. The lowest BCUT2D eigenvalue weighted by Crippen LogP contribution is -2.13. The van der Waals surface area contributed by atoms with E-state index in [9.17, 15) is 5.26 Å². The number of rotatable bonds is 3. The summed E-state index contributed by atoms with van der Waals surface area (Å²) in [4.78, 5) is 1.97. The Balaban J connectivity index is 2.03. The van der Waals surface area contributed by atoms with Gasteiger partial charge >= 0.3 is 0 Å². The van der Waals surface area contributed by atoms with Crippen LogP contribution in [0.3, 0.4) is 0 Å². The number of anilines is 1. The van der Waals surface area contributed by atoms with Crippen LogP contribution in [0.25, 0.3) is 0 Å². The molecule has 0 amide bonds. The predicted molar refractivity (Wildman–Crippen MR) is 76.1 cm³/mol. The van der Waals surface area contributed by atoms with Crippen molar-refractivity contribution in [2.75, 3.05) is 19.0 Å². The van der Waals surface area contributed by atoms with E-state index in [1.54, 1.807) is 23.1 Å². The van der Waals surface area contributed by atoms with Crippen LogP contribution in [0, 0.1) is 17.2 Å². The summed E-state index contributed by atoms with van der Waals surface area (Å²) in [6.45, 7) is 0. The Morgan fingerprint density at radius 3 is 2.72 bits per heavy atom. The molecule has 1 aliphatic carbocycles. The molecule has 1 aromatic rings. The molecule has 2 rings (SSSR count). The van der Waals surface area contributed by atoms with Gasteiger partial charge in [0.05, 0.1) is 12.0 Å². The highest BCUT2D eigenvalue weighted by Gasteiger charge is 2.25. The first kappa shape index (κ1) is 13.6. The van der Waals surface area contributed by atoms with Crippen molar-refractivity contribution in [1.29, 1.82) is 5.26 Å². The van der Waals surface area contributed by atoms with Gasteiger partial charge in [-0.25, -0.2) is 0 Å². The molecule has 0 aromatic carbocycles. The van der Waals surface area contributed by atoms with Crippen LogP contribution in [-0.2, 0) is 0 Å². The summed E-state index contributed by atoms with van der Waals surface area (Å²) < 4.78 is 0.992. The van der Waals surface area contributed by atoms with Gasteiger partial charge in [0, 0.05) is 19.3 Å². The Morgan fingerprint density at radius 1 is 1.28 bits per heavy atom. The summed E-state index contributed by atoms with van der Waals surface area (Å²) in [6, 6.07) is 2.47. The minimum Gasteiger partial charge on any atom is -0.353 e. The molecule has 1 aromatic heterocycles. The Morgan fingerprint density at radius 2 is 2.06 bits per heavy atom. The van der Waals surface area contributed by atoms with E-state index in [2.05, 4.69) is 16.3 Å². The number of hydrogen-bond donors (Lipinski definition) is 0. The van der Waals surface area contributed by atoms with Crippen molar-refractivity contribution in [3.63, 3.8) is 0 Å². The molecule has 0 radical (unpaired) electrons. The molecule has 1 aliphatic rings. The number of aromatic nitrogens is 2. The van der Waals surface area contributed by atoms with E-state index in [-0.39, 0.29) is 5.92 Å². The molecule has 98 valence electrons. The van der Waals surface area contributed by atoms with E-state index in [1.165, 1.54) is 19.3 Å². The van der Waals surface area contributed by atoms with Gasteiger partial charge in [-0.15, -0.1) is 10.2 Å².